The van der Waals surface area contributed by atoms with Gasteiger partial charge in [-0.15, -0.1) is 0 Å². The minimum Gasteiger partial charge on any atom is -0.481 e. The SMILES string of the molecule is Cc1c(F)cc(Br)c(C)c1CC(=O)O. The van der Waals surface area contributed by atoms with Crippen LogP contribution in [0.4, 0.5) is 4.39 Å². The first kappa shape index (κ1) is 11.2. The van der Waals surface area contributed by atoms with Crippen LogP contribution in [0.2, 0.25) is 0 Å². The maximum atomic E-state index is 13.2. The molecule has 1 N–H and O–H groups in total. The van der Waals surface area contributed by atoms with Gasteiger partial charge in [0.05, 0.1) is 6.42 Å². The average molecular weight is 261 g/mol. The fourth-order valence-electron chi connectivity index (χ4n) is 1.31. The minimum atomic E-state index is -0.950. The summed E-state index contributed by atoms with van der Waals surface area (Å²) in [7, 11) is 0. The van der Waals surface area contributed by atoms with E-state index in [1.165, 1.54) is 6.07 Å². The molecule has 0 spiro atoms. The third-order valence-electron chi connectivity index (χ3n) is 2.20. The van der Waals surface area contributed by atoms with E-state index in [4.69, 9.17) is 5.11 Å². The van der Waals surface area contributed by atoms with Crippen LogP contribution >= 0.6 is 15.9 Å². The zero-order valence-electron chi connectivity index (χ0n) is 7.90. The molecular formula is C10H10BrFO2. The second-order valence-electron chi connectivity index (χ2n) is 3.14. The van der Waals surface area contributed by atoms with Gasteiger partial charge in [-0.2, -0.15) is 0 Å². The Hall–Kier alpha value is -0.900. The fraction of sp³-hybridized carbons (Fsp3) is 0.300. The monoisotopic (exact) mass is 260 g/mol. The van der Waals surface area contributed by atoms with E-state index in [0.29, 0.717) is 15.6 Å². The molecule has 4 heteroatoms. The van der Waals surface area contributed by atoms with Gasteiger partial charge in [0.2, 0.25) is 0 Å². The first-order valence-corrected chi connectivity index (χ1v) is 4.88. The highest BCUT2D eigenvalue weighted by Gasteiger charge is 2.13. The van der Waals surface area contributed by atoms with Crippen LogP contribution in [-0.2, 0) is 11.2 Å². The second-order valence-corrected chi connectivity index (χ2v) is 3.99. The minimum absolute atomic E-state index is 0.145. The summed E-state index contributed by atoms with van der Waals surface area (Å²) in [5.41, 5.74) is 1.74. The van der Waals surface area contributed by atoms with Crippen molar-refractivity contribution in [2.75, 3.05) is 0 Å². The predicted octanol–water partition coefficient (Wildman–Crippen LogP) is 2.83. The normalized spacial score (nSPS) is 10.3. The highest BCUT2D eigenvalue weighted by Crippen LogP contribution is 2.25. The van der Waals surface area contributed by atoms with Crippen LogP contribution in [0.15, 0.2) is 10.5 Å². The molecule has 0 atom stereocenters. The van der Waals surface area contributed by atoms with Gasteiger partial charge in [-0.3, -0.25) is 4.79 Å². The van der Waals surface area contributed by atoms with Gasteiger partial charge < -0.3 is 5.11 Å². The number of rotatable bonds is 2. The summed E-state index contributed by atoms with van der Waals surface area (Å²) in [5, 5.41) is 8.66. The standard InChI is InChI=1S/C10H10BrFO2/c1-5-7(3-10(13)14)6(2)9(12)4-8(5)11/h4H,3H2,1-2H3,(H,13,14). The van der Waals surface area contributed by atoms with Crippen LogP contribution in [0.25, 0.3) is 0 Å². The Morgan fingerprint density at radius 3 is 2.57 bits per heavy atom. The van der Waals surface area contributed by atoms with Crippen molar-refractivity contribution in [1.82, 2.24) is 0 Å². The number of carboxylic acids is 1. The van der Waals surface area contributed by atoms with Crippen molar-refractivity contribution < 1.29 is 14.3 Å². The number of hydrogen-bond acceptors (Lipinski definition) is 1. The van der Waals surface area contributed by atoms with Crippen molar-refractivity contribution in [3.05, 3.63) is 33.0 Å². The molecule has 14 heavy (non-hydrogen) atoms. The molecule has 1 aromatic carbocycles. The molecule has 0 saturated carbocycles. The number of halogens is 2. The molecule has 76 valence electrons. The van der Waals surface area contributed by atoms with Crippen LogP contribution < -0.4 is 0 Å². The topological polar surface area (TPSA) is 37.3 Å². The molecular weight excluding hydrogens is 251 g/mol. The second kappa shape index (κ2) is 4.09. The Morgan fingerprint density at radius 1 is 1.50 bits per heavy atom. The Bertz CT molecular complexity index is 362. The molecule has 1 aromatic rings. The lowest BCUT2D eigenvalue weighted by atomic mass is 10.00. The molecule has 0 heterocycles. The lowest BCUT2D eigenvalue weighted by Crippen LogP contribution is -2.06. The molecule has 0 aromatic heterocycles. The molecule has 2 nitrogen and oxygen atoms in total. The average Bonchev–Trinajstić information content (AvgIpc) is 2.09. The molecule has 0 aliphatic carbocycles. The fourth-order valence-corrected chi connectivity index (χ4v) is 1.75. The predicted molar refractivity (Wildman–Crippen MR) is 54.9 cm³/mol. The number of carboxylic acid groups (broad SMARTS) is 1. The van der Waals surface area contributed by atoms with Crippen LogP contribution in [0.3, 0.4) is 0 Å². The smallest absolute Gasteiger partial charge is 0.307 e. The first-order chi connectivity index (χ1) is 6.43. The van der Waals surface area contributed by atoms with E-state index < -0.39 is 5.97 Å². The summed E-state index contributed by atoms with van der Waals surface area (Å²) in [6.07, 6.45) is -0.145. The van der Waals surface area contributed by atoms with Gasteiger partial charge in [0, 0.05) is 4.47 Å². The van der Waals surface area contributed by atoms with Crippen molar-refractivity contribution in [3.63, 3.8) is 0 Å². The lowest BCUT2D eigenvalue weighted by molar-refractivity contribution is -0.136. The van der Waals surface area contributed by atoms with E-state index in [9.17, 15) is 9.18 Å². The largest absolute Gasteiger partial charge is 0.481 e. The Morgan fingerprint density at radius 2 is 2.07 bits per heavy atom. The van der Waals surface area contributed by atoms with Gasteiger partial charge in [0.15, 0.2) is 0 Å². The summed E-state index contributed by atoms with van der Waals surface area (Å²) in [4.78, 5) is 10.6. The van der Waals surface area contributed by atoms with Gasteiger partial charge in [-0.05, 0) is 36.6 Å². The van der Waals surface area contributed by atoms with Crippen LogP contribution in [-0.4, -0.2) is 11.1 Å². The van der Waals surface area contributed by atoms with Gasteiger partial charge in [-0.25, -0.2) is 4.39 Å². The summed E-state index contributed by atoms with van der Waals surface area (Å²) >= 11 is 3.19. The van der Waals surface area contributed by atoms with Crippen molar-refractivity contribution in [3.8, 4) is 0 Å². The van der Waals surface area contributed by atoms with Crippen LogP contribution in [0, 0.1) is 19.7 Å². The molecule has 0 aliphatic heterocycles. The molecule has 0 bridgehead atoms. The molecule has 0 fully saturated rings. The number of aliphatic carboxylic acids is 1. The van der Waals surface area contributed by atoms with E-state index in [1.54, 1.807) is 13.8 Å². The zero-order chi connectivity index (χ0) is 10.9. The highest BCUT2D eigenvalue weighted by atomic mass is 79.9. The quantitative estimate of drug-likeness (QED) is 0.888. The Labute approximate surface area is 89.9 Å². The summed E-state index contributed by atoms with van der Waals surface area (Å²) in [5.74, 6) is -1.33. The summed E-state index contributed by atoms with van der Waals surface area (Å²) in [6, 6.07) is 1.36. The number of benzene rings is 1. The van der Waals surface area contributed by atoms with Crippen LogP contribution in [0.1, 0.15) is 16.7 Å². The van der Waals surface area contributed by atoms with Crippen molar-refractivity contribution in [2.45, 2.75) is 20.3 Å². The number of hydrogen-bond donors (Lipinski definition) is 1. The van der Waals surface area contributed by atoms with Crippen molar-refractivity contribution in [1.29, 1.82) is 0 Å². The summed E-state index contributed by atoms with van der Waals surface area (Å²) in [6.45, 7) is 3.36. The molecule has 0 amide bonds. The summed E-state index contributed by atoms with van der Waals surface area (Å²) < 4.78 is 13.9. The van der Waals surface area contributed by atoms with Crippen molar-refractivity contribution >= 4 is 21.9 Å². The molecule has 0 radical (unpaired) electrons. The van der Waals surface area contributed by atoms with E-state index >= 15 is 0 Å². The molecule has 0 unspecified atom stereocenters. The van der Waals surface area contributed by atoms with E-state index in [1.807, 2.05) is 0 Å². The first-order valence-electron chi connectivity index (χ1n) is 4.09. The molecule has 0 aliphatic rings. The van der Waals surface area contributed by atoms with Gasteiger partial charge in [0.1, 0.15) is 5.82 Å². The Kier molecular flexibility index (Phi) is 3.26. The van der Waals surface area contributed by atoms with Gasteiger partial charge in [0.25, 0.3) is 0 Å². The lowest BCUT2D eigenvalue weighted by Gasteiger charge is -2.10. The third kappa shape index (κ3) is 2.12. The maximum absolute atomic E-state index is 13.2. The van der Waals surface area contributed by atoms with E-state index in [2.05, 4.69) is 15.9 Å². The highest BCUT2D eigenvalue weighted by molar-refractivity contribution is 9.10. The zero-order valence-corrected chi connectivity index (χ0v) is 9.48. The molecule has 0 saturated heterocycles. The molecule has 1 rings (SSSR count). The number of carbonyl (C=O) groups is 1. The van der Waals surface area contributed by atoms with E-state index in [0.717, 1.165) is 5.56 Å². The van der Waals surface area contributed by atoms with Gasteiger partial charge in [-0.1, -0.05) is 15.9 Å². The third-order valence-corrected chi connectivity index (χ3v) is 3.03. The van der Waals surface area contributed by atoms with E-state index in [-0.39, 0.29) is 12.2 Å². The van der Waals surface area contributed by atoms with Crippen molar-refractivity contribution in [2.24, 2.45) is 0 Å². The van der Waals surface area contributed by atoms with Crippen LogP contribution in [0.5, 0.6) is 0 Å². The Balaban J connectivity index is 3.31. The van der Waals surface area contributed by atoms with Gasteiger partial charge >= 0.3 is 5.97 Å². The maximum Gasteiger partial charge on any atom is 0.307 e.